The maximum atomic E-state index is 5.16. The van der Waals surface area contributed by atoms with Crippen molar-refractivity contribution >= 4 is 11.3 Å². The molecule has 0 unspecified atom stereocenters. The fourth-order valence-corrected chi connectivity index (χ4v) is 1.56. The van der Waals surface area contributed by atoms with Crippen molar-refractivity contribution in [3.63, 3.8) is 0 Å². The lowest BCUT2D eigenvalue weighted by atomic mass is 10.0. The van der Waals surface area contributed by atoms with E-state index in [9.17, 15) is 0 Å². The van der Waals surface area contributed by atoms with Gasteiger partial charge in [0.05, 0.1) is 7.11 Å². The molecule has 0 saturated heterocycles. The molecule has 2 nitrogen and oxygen atoms in total. The first-order valence-electron chi connectivity index (χ1n) is 4.40. The number of allylic oxidation sites excluding steroid dienone is 1. The van der Waals surface area contributed by atoms with E-state index in [0.29, 0.717) is 0 Å². The third-order valence-corrected chi connectivity index (χ3v) is 2.35. The summed E-state index contributed by atoms with van der Waals surface area (Å²) in [5.41, 5.74) is 3.77. The molecule has 0 amide bonds. The Bertz CT molecular complexity index is 355. The minimum Gasteiger partial charge on any atom is -0.497 e. The van der Waals surface area contributed by atoms with Crippen molar-refractivity contribution in [3.05, 3.63) is 29.8 Å². The van der Waals surface area contributed by atoms with Gasteiger partial charge >= 0.3 is 0 Å². The van der Waals surface area contributed by atoms with Gasteiger partial charge in [-0.15, -0.1) is 0 Å². The molecule has 13 heavy (non-hydrogen) atoms. The molecular formula is C11H13NO. The summed E-state index contributed by atoms with van der Waals surface area (Å²) in [5.74, 6) is 0.904. The number of hydrogen-bond donors (Lipinski definition) is 1. The summed E-state index contributed by atoms with van der Waals surface area (Å²) in [4.78, 5) is 0. The Morgan fingerprint density at radius 3 is 3.00 bits per heavy atom. The number of methoxy groups -OCH3 is 1. The van der Waals surface area contributed by atoms with E-state index in [-0.39, 0.29) is 0 Å². The molecule has 0 saturated carbocycles. The Morgan fingerprint density at radius 1 is 1.38 bits per heavy atom. The highest BCUT2D eigenvalue weighted by atomic mass is 16.5. The molecule has 1 aromatic carbocycles. The number of anilines is 1. The molecule has 0 radical (unpaired) electrons. The SMILES string of the molecule is COc1ccc2c(c1)NCC=C2C. The van der Waals surface area contributed by atoms with Crippen LogP contribution in [0.5, 0.6) is 5.75 Å². The predicted octanol–water partition coefficient (Wildman–Crippen LogP) is 2.52. The van der Waals surface area contributed by atoms with Gasteiger partial charge in [-0.25, -0.2) is 0 Å². The summed E-state index contributed by atoms with van der Waals surface area (Å²) in [6, 6.07) is 6.11. The Morgan fingerprint density at radius 2 is 2.23 bits per heavy atom. The first kappa shape index (κ1) is 8.17. The van der Waals surface area contributed by atoms with Crippen molar-refractivity contribution < 1.29 is 4.74 Å². The second-order valence-electron chi connectivity index (χ2n) is 3.18. The Kier molecular flexibility index (Phi) is 1.97. The van der Waals surface area contributed by atoms with Gasteiger partial charge in [-0.3, -0.25) is 0 Å². The van der Waals surface area contributed by atoms with Gasteiger partial charge in [0, 0.05) is 23.9 Å². The fraction of sp³-hybridized carbons (Fsp3) is 0.273. The molecule has 0 bridgehead atoms. The number of rotatable bonds is 1. The van der Waals surface area contributed by atoms with E-state index in [1.807, 2.05) is 12.1 Å². The first-order valence-corrected chi connectivity index (χ1v) is 4.40. The van der Waals surface area contributed by atoms with E-state index >= 15 is 0 Å². The van der Waals surface area contributed by atoms with Crippen LogP contribution in [0.2, 0.25) is 0 Å². The van der Waals surface area contributed by atoms with Crippen molar-refractivity contribution in [2.45, 2.75) is 6.92 Å². The van der Waals surface area contributed by atoms with Crippen LogP contribution in [-0.4, -0.2) is 13.7 Å². The van der Waals surface area contributed by atoms with Gasteiger partial charge in [0.25, 0.3) is 0 Å². The molecule has 2 rings (SSSR count). The summed E-state index contributed by atoms with van der Waals surface area (Å²) in [5, 5.41) is 3.31. The molecule has 1 aliphatic rings. The molecule has 0 fully saturated rings. The quantitative estimate of drug-likeness (QED) is 0.708. The highest BCUT2D eigenvalue weighted by Crippen LogP contribution is 2.30. The van der Waals surface area contributed by atoms with Gasteiger partial charge in [0.2, 0.25) is 0 Å². The van der Waals surface area contributed by atoms with Crippen molar-refractivity contribution in [3.8, 4) is 5.75 Å². The van der Waals surface area contributed by atoms with Crippen molar-refractivity contribution in [2.24, 2.45) is 0 Å². The maximum Gasteiger partial charge on any atom is 0.120 e. The lowest BCUT2D eigenvalue weighted by Crippen LogP contribution is -2.06. The summed E-state index contributed by atoms with van der Waals surface area (Å²) in [6.45, 7) is 3.04. The van der Waals surface area contributed by atoms with Gasteiger partial charge in [0.15, 0.2) is 0 Å². The molecule has 0 spiro atoms. The Labute approximate surface area is 78.2 Å². The zero-order valence-electron chi connectivity index (χ0n) is 7.92. The molecule has 1 heterocycles. The van der Waals surface area contributed by atoms with E-state index < -0.39 is 0 Å². The maximum absolute atomic E-state index is 5.16. The number of hydrogen-bond acceptors (Lipinski definition) is 2. The van der Waals surface area contributed by atoms with Crippen LogP contribution in [0.3, 0.4) is 0 Å². The van der Waals surface area contributed by atoms with Crippen LogP contribution < -0.4 is 10.1 Å². The van der Waals surface area contributed by atoms with E-state index in [4.69, 9.17) is 4.74 Å². The highest BCUT2D eigenvalue weighted by molar-refractivity contribution is 5.79. The van der Waals surface area contributed by atoms with Gasteiger partial charge < -0.3 is 10.1 Å². The molecule has 68 valence electrons. The van der Waals surface area contributed by atoms with Crippen LogP contribution in [0.15, 0.2) is 24.3 Å². The topological polar surface area (TPSA) is 21.3 Å². The van der Waals surface area contributed by atoms with Crippen molar-refractivity contribution in [1.82, 2.24) is 0 Å². The van der Waals surface area contributed by atoms with Gasteiger partial charge in [-0.2, -0.15) is 0 Å². The Balaban J connectivity index is 2.48. The summed E-state index contributed by atoms with van der Waals surface area (Å²) in [6.07, 6.45) is 2.19. The summed E-state index contributed by atoms with van der Waals surface area (Å²) < 4.78 is 5.16. The van der Waals surface area contributed by atoms with Gasteiger partial charge in [0.1, 0.15) is 5.75 Å². The summed E-state index contributed by atoms with van der Waals surface area (Å²) in [7, 11) is 1.69. The van der Waals surface area contributed by atoms with E-state index in [1.54, 1.807) is 7.11 Å². The molecule has 2 heteroatoms. The van der Waals surface area contributed by atoms with Crippen LogP contribution in [-0.2, 0) is 0 Å². The van der Waals surface area contributed by atoms with Gasteiger partial charge in [-0.05, 0) is 24.6 Å². The standard InChI is InChI=1S/C11H13NO/c1-8-5-6-12-11-7-9(13-2)3-4-10(8)11/h3-5,7,12H,6H2,1-2H3. The van der Waals surface area contributed by atoms with E-state index in [0.717, 1.165) is 12.3 Å². The third kappa shape index (κ3) is 1.39. The molecule has 1 N–H and O–H groups in total. The second-order valence-corrected chi connectivity index (χ2v) is 3.18. The minimum atomic E-state index is 0.904. The van der Waals surface area contributed by atoms with Gasteiger partial charge in [-0.1, -0.05) is 6.08 Å². The van der Waals surface area contributed by atoms with Crippen LogP contribution in [0.25, 0.3) is 5.57 Å². The largest absolute Gasteiger partial charge is 0.497 e. The molecule has 0 aliphatic carbocycles. The van der Waals surface area contributed by atoms with E-state index in [1.165, 1.54) is 16.8 Å². The molecule has 0 aromatic heterocycles. The first-order chi connectivity index (χ1) is 6.31. The molecule has 1 aliphatic heterocycles. The van der Waals surface area contributed by atoms with Crippen molar-refractivity contribution in [2.75, 3.05) is 19.0 Å². The molecule has 0 atom stereocenters. The van der Waals surface area contributed by atoms with Crippen LogP contribution in [0.1, 0.15) is 12.5 Å². The number of ether oxygens (including phenoxy) is 1. The predicted molar refractivity (Wildman–Crippen MR) is 55.1 cm³/mol. The number of nitrogens with one attached hydrogen (secondary N) is 1. The van der Waals surface area contributed by atoms with E-state index in [2.05, 4.69) is 24.4 Å². The Hall–Kier alpha value is -1.44. The average Bonchev–Trinajstić information content (AvgIpc) is 2.18. The van der Waals surface area contributed by atoms with Crippen LogP contribution >= 0.6 is 0 Å². The molecule has 1 aromatic rings. The zero-order valence-corrected chi connectivity index (χ0v) is 7.92. The molecular weight excluding hydrogens is 162 g/mol. The van der Waals surface area contributed by atoms with Crippen molar-refractivity contribution in [1.29, 1.82) is 0 Å². The smallest absolute Gasteiger partial charge is 0.120 e. The normalized spacial score (nSPS) is 14.2. The van der Waals surface area contributed by atoms with Crippen LogP contribution in [0, 0.1) is 0 Å². The highest BCUT2D eigenvalue weighted by Gasteiger charge is 2.08. The fourth-order valence-electron chi connectivity index (χ4n) is 1.56. The second kappa shape index (κ2) is 3.13. The monoisotopic (exact) mass is 175 g/mol. The van der Waals surface area contributed by atoms with Crippen LogP contribution in [0.4, 0.5) is 5.69 Å². The average molecular weight is 175 g/mol. The number of benzene rings is 1. The zero-order chi connectivity index (χ0) is 9.26. The summed E-state index contributed by atoms with van der Waals surface area (Å²) >= 11 is 0. The lowest BCUT2D eigenvalue weighted by molar-refractivity contribution is 0.415. The third-order valence-electron chi connectivity index (χ3n) is 2.35. The number of fused-ring (bicyclic) bond motifs is 1. The lowest BCUT2D eigenvalue weighted by Gasteiger charge is -2.17. The minimum absolute atomic E-state index is 0.904.